The molecule has 0 aliphatic heterocycles. The minimum absolute atomic E-state index is 0.569. The highest BCUT2D eigenvalue weighted by atomic mass is 32.1. The fourth-order valence-corrected chi connectivity index (χ4v) is 1.93. The highest BCUT2D eigenvalue weighted by Gasteiger charge is 2.13. The van der Waals surface area contributed by atoms with Gasteiger partial charge in [-0.1, -0.05) is 13.0 Å². The summed E-state index contributed by atoms with van der Waals surface area (Å²) in [5.74, 6) is 0. The quantitative estimate of drug-likeness (QED) is 0.761. The van der Waals surface area contributed by atoms with Crippen molar-refractivity contribution in [3.05, 3.63) is 22.4 Å². The molecule has 13 heavy (non-hydrogen) atoms. The van der Waals surface area contributed by atoms with Crippen LogP contribution in [0, 0.1) is 0 Å². The first-order valence-electron chi connectivity index (χ1n) is 4.62. The second-order valence-electron chi connectivity index (χ2n) is 3.16. The van der Waals surface area contributed by atoms with E-state index in [4.69, 9.17) is 0 Å². The van der Waals surface area contributed by atoms with E-state index < -0.39 is 12.2 Å². The molecule has 2 nitrogen and oxygen atoms in total. The molecule has 1 heterocycles. The number of hydrogen-bond donors (Lipinski definition) is 2. The zero-order valence-corrected chi connectivity index (χ0v) is 8.63. The summed E-state index contributed by atoms with van der Waals surface area (Å²) in [5, 5.41) is 20.8. The molecule has 0 bridgehead atoms. The van der Waals surface area contributed by atoms with Crippen molar-refractivity contribution in [3.8, 4) is 0 Å². The Balaban J connectivity index is 2.26. The Morgan fingerprint density at radius 3 is 2.69 bits per heavy atom. The molecule has 1 aromatic rings. The lowest BCUT2D eigenvalue weighted by Gasteiger charge is -2.15. The van der Waals surface area contributed by atoms with Crippen LogP contribution in [-0.2, 0) is 6.42 Å². The Hall–Kier alpha value is -0.380. The van der Waals surface area contributed by atoms with Gasteiger partial charge in [0.1, 0.15) is 0 Å². The smallest absolute Gasteiger partial charge is 0.0802 e. The van der Waals surface area contributed by atoms with Crippen LogP contribution in [0.3, 0.4) is 0 Å². The van der Waals surface area contributed by atoms with Gasteiger partial charge in [-0.25, -0.2) is 0 Å². The summed E-state index contributed by atoms with van der Waals surface area (Å²) in [5.41, 5.74) is 0. The van der Waals surface area contributed by atoms with Crippen molar-refractivity contribution in [3.63, 3.8) is 0 Å². The van der Waals surface area contributed by atoms with Crippen LogP contribution in [0.15, 0.2) is 17.5 Å². The van der Waals surface area contributed by atoms with Gasteiger partial charge in [0.25, 0.3) is 0 Å². The molecule has 0 fully saturated rings. The number of hydrogen-bond acceptors (Lipinski definition) is 3. The van der Waals surface area contributed by atoms with Gasteiger partial charge in [-0.15, -0.1) is 11.3 Å². The lowest BCUT2D eigenvalue weighted by atomic mass is 10.1. The van der Waals surface area contributed by atoms with Gasteiger partial charge in [-0.3, -0.25) is 0 Å². The van der Waals surface area contributed by atoms with Crippen LogP contribution in [0.1, 0.15) is 24.6 Å². The molecule has 0 amide bonds. The number of aliphatic hydroxyl groups is 2. The molecule has 0 aromatic carbocycles. The van der Waals surface area contributed by atoms with Crippen LogP contribution in [-0.4, -0.2) is 22.4 Å². The van der Waals surface area contributed by atoms with E-state index in [1.54, 1.807) is 11.3 Å². The molecular formula is C10H16O2S. The van der Waals surface area contributed by atoms with Gasteiger partial charge in [0, 0.05) is 4.88 Å². The Kier molecular flexibility index (Phi) is 4.42. The number of rotatable bonds is 5. The van der Waals surface area contributed by atoms with Crippen LogP contribution >= 0.6 is 11.3 Å². The number of aryl methyl sites for hydroxylation is 1. The molecule has 3 heteroatoms. The molecule has 0 aliphatic carbocycles. The predicted molar refractivity (Wildman–Crippen MR) is 54.9 cm³/mol. The standard InChI is InChI=1S/C10H16O2S/c1-2-9(11)10(12)6-5-8-4-3-7-13-8/h3-4,7,9-12H,2,5-6H2,1H3. The van der Waals surface area contributed by atoms with Crippen LogP contribution < -0.4 is 0 Å². The molecule has 1 rings (SSSR count). The molecule has 1 aromatic heterocycles. The summed E-state index contributed by atoms with van der Waals surface area (Å²) in [7, 11) is 0. The number of thiophene rings is 1. The molecule has 74 valence electrons. The summed E-state index contributed by atoms with van der Waals surface area (Å²) in [6, 6.07) is 4.05. The maximum Gasteiger partial charge on any atom is 0.0802 e. The van der Waals surface area contributed by atoms with Gasteiger partial charge in [-0.2, -0.15) is 0 Å². The van der Waals surface area contributed by atoms with Crippen molar-refractivity contribution < 1.29 is 10.2 Å². The summed E-state index contributed by atoms with van der Waals surface area (Å²) in [6.45, 7) is 1.87. The normalized spacial score (nSPS) is 15.6. The molecular weight excluding hydrogens is 184 g/mol. The second kappa shape index (κ2) is 5.37. The van der Waals surface area contributed by atoms with Crippen LogP contribution in [0.5, 0.6) is 0 Å². The van der Waals surface area contributed by atoms with Crippen molar-refractivity contribution in [2.45, 2.75) is 38.4 Å². The maximum atomic E-state index is 9.47. The van der Waals surface area contributed by atoms with Gasteiger partial charge < -0.3 is 10.2 Å². The largest absolute Gasteiger partial charge is 0.390 e. The van der Waals surface area contributed by atoms with Gasteiger partial charge in [-0.05, 0) is 30.7 Å². The van der Waals surface area contributed by atoms with E-state index in [-0.39, 0.29) is 0 Å². The van der Waals surface area contributed by atoms with Crippen molar-refractivity contribution in [2.24, 2.45) is 0 Å². The summed E-state index contributed by atoms with van der Waals surface area (Å²) in [4.78, 5) is 1.27. The SMILES string of the molecule is CCC(O)C(O)CCc1cccs1. The molecule has 2 N–H and O–H groups in total. The van der Waals surface area contributed by atoms with Crippen molar-refractivity contribution in [1.29, 1.82) is 0 Å². The Bertz CT molecular complexity index is 221. The number of aliphatic hydroxyl groups excluding tert-OH is 2. The highest BCUT2D eigenvalue weighted by molar-refractivity contribution is 7.09. The molecule has 0 saturated heterocycles. The van der Waals surface area contributed by atoms with Crippen molar-refractivity contribution in [1.82, 2.24) is 0 Å². The maximum absolute atomic E-state index is 9.47. The Labute approximate surface area is 82.8 Å². The van der Waals surface area contributed by atoms with Crippen LogP contribution in [0.2, 0.25) is 0 Å². The fourth-order valence-electron chi connectivity index (χ4n) is 1.21. The zero-order valence-electron chi connectivity index (χ0n) is 7.81. The third kappa shape index (κ3) is 3.46. The second-order valence-corrected chi connectivity index (χ2v) is 4.19. The van der Waals surface area contributed by atoms with E-state index in [0.717, 1.165) is 6.42 Å². The molecule has 2 atom stereocenters. The van der Waals surface area contributed by atoms with Gasteiger partial charge in [0.15, 0.2) is 0 Å². The van der Waals surface area contributed by atoms with E-state index in [1.807, 2.05) is 18.4 Å². The summed E-state index contributed by atoms with van der Waals surface area (Å²) in [6.07, 6.45) is 0.976. The molecule has 0 spiro atoms. The van der Waals surface area contributed by atoms with Crippen LogP contribution in [0.4, 0.5) is 0 Å². The first kappa shape index (κ1) is 10.7. The minimum atomic E-state index is -0.577. The van der Waals surface area contributed by atoms with E-state index >= 15 is 0 Å². The Morgan fingerprint density at radius 2 is 2.15 bits per heavy atom. The Morgan fingerprint density at radius 1 is 1.38 bits per heavy atom. The minimum Gasteiger partial charge on any atom is -0.390 e. The zero-order chi connectivity index (χ0) is 9.68. The lowest BCUT2D eigenvalue weighted by Crippen LogP contribution is -2.25. The topological polar surface area (TPSA) is 40.5 Å². The molecule has 0 aliphatic rings. The first-order chi connectivity index (χ1) is 6.24. The lowest BCUT2D eigenvalue weighted by molar-refractivity contribution is 0.0131. The summed E-state index contributed by atoms with van der Waals surface area (Å²) < 4.78 is 0. The first-order valence-corrected chi connectivity index (χ1v) is 5.50. The average molecular weight is 200 g/mol. The molecule has 0 saturated carbocycles. The van der Waals surface area contributed by atoms with Crippen LogP contribution in [0.25, 0.3) is 0 Å². The van der Waals surface area contributed by atoms with Gasteiger partial charge in [0.05, 0.1) is 12.2 Å². The predicted octanol–water partition coefficient (Wildman–Crippen LogP) is 1.81. The van der Waals surface area contributed by atoms with Crippen molar-refractivity contribution in [2.75, 3.05) is 0 Å². The van der Waals surface area contributed by atoms with Gasteiger partial charge >= 0.3 is 0 Å². The third-order valence-electron chi connectivity index (χ3n) is 2.13. The van der Waals surface area contributed by atoms with E-state index in [0.29, 0.717) is 12.8 Å². The van der Waals surface area contributed by atoms with Gasteiger partial charge in [0.2, 0.25) is 0 Å². The monoisotopic (exact) mass is 200 g/mol. The third-order valence-corrected chi connectivity index (χ3v) is 3.07. The van der Waals surface area contributed by atoms with E-state index in [9.17, 15) is 10.2 Å². The van der Waals surface area contributed by atoms with E-state index in [1.165, 1.54) is 4.88 Å². The molecule has 0 radical (unpaired) electrons. The summed E-state index contributed by atoms with van der Waals surface area (Å²) >= 11 is 1.69. The van der Waals surface area contributed by atoms with E-state index in [2.05, 4.69) is 6.07 Å². The van der Waals surface area contributed by atoms with Crippen molar-refractivity contribution >= 4 is 11.3 Å². The average Bonchev–Trinajstić information content (AvgIpc) is 2.65. The molecule has 2 unspecified atom stereocenters. The fraction of sp³-hybridized carbons (Fsp3) is 0.600. The highest BCUT2D eigenvalue weighted by Crippen LogP contribution is 2.13.